The van der Waals surface area contributed by atoms with E-state index in [1.54, 1.807) is 0 Å². The van der Waals surface area contributed by atoms with Crippen molar-refractivity contribution in [2.75, 3.05) is 11.1 Å². The Morgan fingerprint density at radius 2 is 2.11 bits per heavy atom. The van der Waals surface area contributed by atoms with Crippen LogP contribution in [0.5, 0.6) is 0 Å². The number of nitrogens with one attached hydrogen (secondary N) is 1. The maximum atomic E-state index is 12.6. The summed E-state index contributed by atoms with van der Waals surface area (Å²) in [5.41, 5.74) is 5.64. The van der Waals surface area contributed by atoms with Gasteiger partial charge in [-0.1, -0.05) is 11.6 Å². The van der Waals surface area contributed by atoms with Gasteiger partial charge in [0.2, 0.25) is 0 Å². The summed E-state index contributed by atoms with van der Waals surface area (Å²) in [7, 11) is 0. The fourth-order valence-corrected chi connectivity index (χ4v) is 1.45. The van der Waals surface area contributed by atoms with E-state index in [-0.39, 0.29) is 22.2 Å². The first-order chi connectivity index (χ1) is 8.56. The van der Waals surface area contributed by atoms with Gasteiger partial charge in [-0.3, -0.25) is 4.79 Å². The molecule has 3 N–H and O–H groups in total. The fourth-order valence-electron chi connectivity index (χ4n) is 1.26. The first-order valence-electron chi connectivity index (χ1n) is 4.90. The predicted molar refractivity (Wildman–Crippen MR) is 65.8 cm³/mol. The minimum absolute atomic E-state index is 0.170. The van der Waals surface area contributed by atoms with Crippen LogP contribution in [0.25, 0.3) is 0 Å². The second-order valence-corrected chi connectivity index (χ2v) is 3.81. The smallest absolute Gasteiger partial charge is 0.258 e. The zero-order valence-corrected chi connectivity index (χ0v) is 9.78. The number of carbonyl (C=O) groups excluding carboxylic acids is 1. The van der Waals surface area contributed by atoms with Crippen LogP contribution in [0.1, 0.15) is 10.4 Å². The molecular weight excluding hydrogens is 259 g/mol. The molecule has 18 heavy (non-hydrogen) atoms. The molecule has 5 nitrogen and oxygen atoms in total. The minimum Gasteiger partial charge on any atom is -0.384 e. The summed E-state index contributed by atoms with van der Waals surface area (Å²) < 4.78 is 12.6. The number of pyridine rings is 2. The van der Waals surface area contributed by atoms with Gasteiger partial charge >= 0.3 is 0 Å². The van der Waals surface area contributed by atoms with Crippen LogP contribution in [0.4, 0.5) is 16.0 Å². The van der Waals surface area contributed by atoms with Crippen LogP contribution in [-0.4, -0.2) is 15.9 Å². The Kier molecular flexibility index (Phi) is 3.38. The lowest BCUT2D eigenvalue weighted by atomic mass is 10.2. The van der Waals surface area contributed by atoms with E-state index < -0.39 is 11.7 Å². The molecule has 2 aromatic rings. The third-order valence-electron chi connectivity index (χ3n) is 2.09. The van der Waals surface area contributed by atoms with Gasteiger partial charge in [0, 0.05) is 6.20 Å². The molecule has 2 heterocycles. The number of nitrogen functional groups attached to an aromatic ring is 1. The normalized spacial score (nSPS) is 10.1. The Morgan fingerprint density at radius 1 is 1.33 bits per heavy atom. The van der Waals surface area contributed by atoms with Crippen LogP contribution in [0.3, 0.4) is 0 Å². The highest BCUT2D eigenvalue weighted by atomic mass is 35.5. The summed E-state index contributed by atoms with van der Waals surface area (Å²) in [6.45, 7) is 0. The van der Waals surface area contributed by atoms with Crippen molar-refractivity contribution in [3.63, 3.8) is 0 Å². The highest BCUT2D eigenvalue weighted by molar-refractivity contribution is 6.34. The van der Waals surface area contributed by atoms with E-state index >= 15 is 0 Å². The van der Waals surface area contributed by atoms with Crippen molar-refractivity contribution < 1.29 is 9.18 Å². The molecular formula is C11H8ClFN4O. The Bertz CT molecular complexity index is 588. The van der Waals surface area contributed by atoms with Crippen molar-refractivity contribution in [1.82, 2.24) is 9.97 Å². The number of nitrogens with two attached hydrogens (primary N) is 1. The van der Waals surface area contributed by atoms with Crippen molar-refractivity contribution in [1.29, 1.82) is 0 Å². The molecule has 0 unspecified atom stereocenters. The van der Waals surface area contributed by atoms with E-state index in [2.05, 4.69) is 15.3 Å². The molecule has 92 valence electrons. The average molecular weight is 267 g/mol. The van der Waals surface area contributed by atoms with Gasteiger partial charge in [-0.2, -0.15) is 0 Å². The van der Waals surface area contributed by atoms with E-state index in [0.717, 1.165) is 6.20 Å². The SMILES string of the molecule is Nc1cc(C(=O)Nc2ccc(F)cn2)c(Cl)cn1. The molecule has 7 heteroatoms. The Labute approximate surface area is 107 Å². The molecule has 0 aliphatic carbocycles. The van der Waals surface area contributed by atoms with E-state index in [1.165, 1.54) is 24.4 Å². The van der Waals surface area contributed by atoms with Gasteiger partial charge in [0.25, 0.3) is 5.91 Å². The van der Waals surface area contributed by atoms with Gasteiger partial charge in [0.1, 0.15) is 17.5 Å². The lowest BCUT2D eigenvalue weighted by Crippen LogP contribution is -2.14. The van der Waals surface area contributed by atoms with Crippen molar-refractivity contribution >= 4 is 29.1 Å². The topological polar surface area (TPSA) is 80.9 Å². The number of halogens is 2. The summed E-state index contributed by atoms with van der Waals surface area (Å²) >= 11 is 5.82. The van der Waals surface area contributed by atoms with Crippen molar-refractivity contribution in [3.8, 4) is 0 Å². The molecule has 0 bridgehead atoms. The largest absolute Gasteiger partial charge is 0.384 e. The molecule has 0 aliphatic rings. The first-order valence-corrected chi connectivity index (χ1v) is 5.28. The third-order valence-corrected chi connectivity index (χ3v) is 2.39. The molecule has 0 saturated carbocycles. The van der Waals surface area contributed by atoms with Crippen molar-refractivity contribution in [2.24, 2.45) is 0 Å². The van der Waals surface area contributed by atoms with Gasteiger partial charge in [-0.25, -0.2) is 14.4 Å². The molecule has 0 fully saturated rings. The minimum atomic E-state index is -0.492. The molecule has 0 aromatic carbocycles. The number of nitrogens with zero attached hydrogens (tertiary/aromatic N) is 2. The van der Waals surface area contributed by atoms with Gasteiger partial charge in [0.15, 0.2) is 0 Å². The van der Waals surface area contributed by atoms with Gasteiger partial charge in [-0.05, 0) is 18.2 Å². The second kappa shape index (κ2) is 4.97. The molecule has 1 amide bonds. The lowest BCUT2D eigenvalue weighted by Gasteiger charge is -2.06. The zero-order chi connectivity index (χ0) is 13.1. The van der Waals surface area contributed by atoms with Crippen LogP contribution >= 0.6 is 11.6 Å². The molecule has 0 radical (unpaired) electrons. The van der Waals surface area contributed by atoms with E-state index in [9.17, 15) is 9.18 Å². The molecule has 2 aromatic heterocycles. The Hall–Kier alpha value is -2.21. The van der Waals surface area contributed by atoms with E-state index in [4.69, 9.17) is 17.3 Å². The maximum absolute atomic E-state index is 12.6. The Balaban J connectivity index is 2.21. The van der Waals surface area contributed by atoms with Crippen LogP contribution in [0.15, 0.2) is 30.6 Å². The fraction of sp³-hybridized carbons (Fsp3) is 0. The van der Waals surface area contributed by atoms with Crippen LogP contribution in [0, 0.1) is 5.82 Å². The Morgan fingerprint density at radius 3 is 2.78 bits per heavy atom. The summed E-state index contributed by atoms with van der Waals surface area (Å²) in [4.78, 5) is 19.3. The van der Waals surface area contributed by atoms with Crippen molar-refractivity contribution in [3.05, 3.63) is 47.0 Å². The first kappa shape index (κ1) is 12.3. The van der Waals surface area contributed by atoms with Crippen LogP contribution < -0.4 is 11.1 Å². The van der Waals surface area contributed by atoms with Gasteiger partial charge in [0.05, 0.1) is 16.8 Å². The van der Waals surface area contributed by atoms with Gasteiger partial charge in [-0.15, -0.1) is 0 Å². The van der Waals surface area contributed by atoms with Crippen LogP contribution in [-0.2, 0) is 0 Å². The standard InChI is InChI=1S/C11H8ClFN4O/c12-8-5-15-9(14)3-7(8)11(18)17-10-2-1-6(13)4-16-10/h1-5H,(H2,14,15)(H,16,17,18). The second-order valence-electron chi connectivity index (χ2n) is 3.40. The number of rotatable bonds is 2. The number of amides is 1. The maximum Gasteiger partial charge on any atom is 0.258 e. The van der Waals surface area contributed by atoms with E-state index in [0.29, 0.717) is 0 Å². The molecule has 0 atom stereocenters. The highest BCUT2D eigenvalue weighted by Crippen LogP contribution is 2.17. The molecule has 0 saturated heterocycles. The van der Waals surface area contributed by atoms with Crippen LogP contribution in [0.2, 0.25) is 5.02 Å². The quantitative estimate of drug-likeness (QED) is 0.872. The average Bonchev–Trinajstić information content (AvgIpc) is 2.35. The number of hydrogen-bond donors (Lipinski definition) is 2. The molecule has 2 rings (SSSR count). The highest BCUT2D eigenvalue weighted by Gasteiger charge is 2.12. The van der Waals surface area contributed by atoms with Gasteiger partial charge < -0.3 is 11.1 Å². The van der Waals surface area contributed by atoms with E-state index in [1.807, 2.05) is 0 Å². The molecule has 0 aliphatic heterocycles. The predicted octanol–water partition coefficient (Wildman–Crippen LogP) is 2.10. The summed E-state index contributed by atoms with van der Waals surface area (Å²) in [5, 5.41) is 2.64. The summed E-state index contributed by atoms with van der Waals surface area (Å²) in [6, 6.07) is 3.87. The number of hydrogen-bond acceptors (Lipinski definition) is 4. The number of anilines is 2. The zero-order valence-electron chi connectivity index (χ0n) is 9.02. The number of carbonyl (C=O) groups is 1. The molecule has 0 spiro atoms. The monoisotopic (exact) mass is 266 g/mol. The summed E-state index contributed by atoms with van der Waals surface area (Å²) in [6.07, 6.45) is 2.28. The third kappa shape index (κ3) is 2.72. The lowest BCUT2D eigenvalue weighted by molar-refractivity contribution is 0.102. The number of aromatic nitrogens is 2. The van der Waals surface area contributed by atoms with Crippen molar-refractivity contribution in [2.45, 2.75) is 0 Å². The summed E-state index contributed by atoms with van der Waals surface area (Å²) in [5.74, 6) is -0.586.